The van der Waals surface area contributed by atoms with E-state index < -0.39 is 54.0 Å². The van der Waals surface area contributed by atoms with E-state index in [0.717, 1.165) is 5.56 Å². The molecule has 2 aromatic rings. The molecule has 0 aromatic heterocycles. The number of carboxylic acids is 1. The minimum absolute atomic E-state index is 0.0255. The SMILES string of the molecule is CC(NC(=O)C(Cc1ccccc1)NC(=O)C(N)C(C)O)C(=O)NC(Cc1ccc(O)cc1)C(=O)O. The van der Waals surface area contributed by atoms with E-state index in [1.165, 1.54) is 38.1 Å². The van der Waals surface area contributed by atoms with Crippen molar-refractivity contribution in [3.63, 3.8) is 0 Å². The molecule has 0 aliphatic rings. The van der Waals surface area contributed by atoms with E-state index in [9.17, 15) is 34.5 Å². The first-order chi connectivity index (χ1) is 17.0. The van der Waals surface area contributed by atoms with E-state index >= 15 is 0 Å². The minimum Gasteiger partial charge on any atom is -0.508 e. The van der Waals surface area contributed by atoms with E-state index in [4.69, 9.17) is 5.73 Å². The summed E-state index contributed by atoms with van der Waals surface area (Å²) in [5.41, 5.74) is 7.00. The maximum absolute atomic E-state index is 13.0. The number of phenols is 1. The van der Waals surface area contributed by atoms with Gasteiger partial charge in [0.2, 0.25) is 17.7 Å². The van der Waals surface area contributed by atoms with Gasteiger partial charge in [-0.05, 0) is 37.1 Å². The summed E-state index contributed by atoms with van der Waals surface area (Å²) >= 11 is 0. The summed E-state index contributed by atoms with van der Waals surface area (Å²) in [4.78, 5) is 49.7. The monoisotopic (exact) mass is 500 g/mol. The van der Waals surface area contributed by atoms with Crippen LogP contribution in [0.4, 0.5) is 0 Å². The summed E-state index contributed by atoms with van der Waals surface area (Å²) in [5.74, 6) is -3.40. The Balaban J connectivity index is 2.07. The zero-order valence-corrected chi connectivity index (χ0v) is 20.0. The molecule has 2 aromatic carbocycles. The number of amides is 3. The van der Waals surface area contributed by atoms with Gasteiger partial charge in [0.05, 0.1) is 6.10 Å². The molecule has 0 spiro atoms. The molecule has 5 atom stereocenters. The Morgan fingerprint density at radius 3 is 1.86 bits per heavy atom. The number of carboxylic acid groups (broad SMARTS) is 1. The first-order valence-electron chi connectivity index (χ1n) is 11.4. The second kappa shape index (κ2) is 13.2. The zero-order valence-electron chi connectivity index (χ0n) is 20.0. The number of phenolic OH excluding ortho intramolecular Hbond substituents is 1. The largest absolute Gasteiger partial charge is 0.508 e. The van der Waals surface area contributed by atoms with Gasteiger partial charge in [0, 0.05) is 12.8 Å². The van der Waals surface area contributed by atoms with Gasteiger partial charge in [-0.1, -0.05) is 42.5 Å². The van der Waals surface area contributed by atoms with Gasteiger partial charge in [-0.15, -0.1) is 0 Å². The maximum atomic E-state index is 13.0. The number of aliphatic hydroxyl groups excluding tert-OH is 1. The standard InChI is InChI=1S/C25H32N4O7/c1-14(22(32)29-20(25(35)36)13-17-8-10-18(31)11-9-17)27-23(33)19(12-16-6-4-3-5-7-16)28-24(34)21(26)15(2)30/h3-11,14-15,19-21,30-31H,12-13,26H2,1-2H3,(H,27,33)(H,28,34)(H,29,32)(H,35,36). The van der Waals surface area contributed by atoms with Crippen LogP contribution in [0, 0.1) is 0 Å². The average molecular weight is 501 g/mol. The van der Waals surface area contributed by atoms with Crippen LogP contribution < -0.4 is 21.7 Å². The summed E-state index contributed by atoms with van der Waals surface area (Å²) < 4.78 is 0. The van der Waals surface area contributed by atoms with Crippen LogP contribution in [0.3, 0.4) is 0 Å². The molecule has 0 radical (unpaired) electrons. The molecule has 0 saturated carbocycles. The van der Waals surface area contributed by atoms with Crippen molar-refractivity contribution in [1.29, 1.82) is 0 Å². The highest BCUT2D eigenvalue weighted by Crippen LogP contribution is 2.12. The molecule has 5 unspecified atom stereocenters. The number of hydrogen-bond donors (Lipinski definition) is 7. The van der Waals surface area contributed by atoms with Crippen LogP contribution in [-0.4, -0.2) is 69.3 Å². The molecule has 3 amide bonds. The summed E-state index contributed by atoms with van der Waals surface area (Å²) in [7, 11) is 0. The molecule has 0 aliphatic carbocycles. The van der Waals surface area contributed by atoms with Crippen molar-refractivity contribution in [2.24, 2.45) is 5.73 Å². The van der Waals surface area contributed by atoms with Crippen molar-refractivity contribution < 1.29 is 34.5 Å². The number of aliphatic carboxylic acids is 1. The zero-order chi connectivity index (χ0) is 26.8. The van der Waals surface area contributed by atoms with Gasteiger partial charge in [-0.25, -0.2) is 4.79 Å². The fourth-order valence-corrected chi connectivity index (χ4v) is 3.29. The Hall–Kier alpha value is -3.96. The fraction of sp³-hybridized carbons (Fsp3) is 0.360. The lowest BCUT2D eigenvalue weighted by Gasteiger charge is -2.24. The van der Waals surface area contributed by atoms with Gasteiger partial charge >= 0.3 is 5.97 Å². The summed E-state index contributed by atoms with van der Waals surface area (Å²) in [6.07, 6.45) is -1.08. The van der Waals surface area contributed by atoms with Crippen LogP contribution in [-0.2, 0) is 32.0 Å². The molecule has 11 heteroatoms. The van der Waals surface area contributed by atoms with Crippen LogP contribution in [0.5, 0.6) is 5.75 Å². The van der Waals surface area contributed by atoms with E-state index in [-0.39, 0.29) is 18.6 Å². The molecular weight excluding hydrogens is 468 g/mol. The van der Waals surface area contributed by atoms with E-state index in [1.807, 2.05) is 0 Å². The third kappa shape index (κ3) is 8.67. The molecule has 36 heavy (non-hydrogen) atoms. The van der Waals surface area contributed by atoms with Gasteiger partial charge in [-0.3, -0.25) is 14.4 Å². The summed E-state index contributed by atoms with van der Waals surface area (Å²) in [6.45, 7) is 2.73. The number of carbonyl (C=O) groups is 4. The van der Waals surface area contributed by atoms with Gasteiger partial charge in [0.1, 0.15) is 29.9 Å². The van der Waals surface area contributed by atoms with Gasteiger partial charge in [-0.2, -0.15) is 0 Å². The third-order valence-electron chi connectivity index (χ3n) is 5.48. The first kappa shape index (κ1) is 28.3. The lowest BCUT2D eigenvalue weighted by molar-refractivity contribution is -0.142. The predicted octanol–water partition coefficient (Wildman–Crippen LogP) is -0.556. The molecule has 0 aliphatic heterocycles. The second-order valence-electron chi connectivity index (χ2n) is 8.52. The normalized spacial score (nSPS) is 15.0. The molecule has 11 nitrogen and oxygen atoms in total. The molecular formula is C25H32N4O7. The van der Waals surface area contributed by atoms with Gasteiger partial charge in [0.15, 0.2) is 0 Å². The van der Waals surface area contributed by atoms with Crippen molar-refractivity contribution in [3.05, 3.63) is 65.7 Å². The highest BCUT2D eigenvalue weighted by Gasteiger charge is 2.29. The van der Waals surface area contributed by atoms with Crippen molar-refractivity contribution >= 4 is 23.7 Å². The number of rotatable bonds is 12. The van der Waals surface area contributed by atoms with E-state index in [2.05, 4.69) is 16.0 Å². The number of benzene rings is 2. The van der Waals surface area contributed by atoms with Crippen molar-refractivity contribution in [2.45, 2.75) is 57.0 Å². The lowest BCUT2D eigenvalue weighted by atomic mass is 10.0. The molecule has 0 bridgehead atoms. The van der Waals surface area contributed by atoms with Crippen LogP contribution in [0.1, 0.15) is 25.0 Å². The Bertz CT molecular complexity index is 1040. The van der Waals surface area contributed by atoms with Crippen molar-refractivity contribution in [1.82, 2.24) is 16.0 Å². The highest BCUT2D eigenvalue weighted by atomic mass is 16.4. The van der Waals surface area contributed by atoms with Crippen molar-refractivity contribution in [2.75, 3.05) is 0 Å². The Labute approximate surface area is 208 Å². The molecule has 8 N–H and O–H groups in total. The molecule has 2 rings (SSSR count). The number of aliphatic hydroxyl groups is 1. The third-order valence-corrected chi connectivity index (χ3v) is 5.48. The summed E-state index contributed by atoms with van der Waals surface area (Å²) in [6, 6.07) is 9.99. The average Bonchev–Trinajstić information content (AvgIpc) is 2.84. The second-order valence-corrected chi connectivity index (χ2v) is 8.52. The number of hydrogen-bond acceptors (Lipinski definition) is 7. The first-order valence-corrected chi connectivity index (χ1v) is 11.4. The van der Waals surface area contributed by atoms with Crippen LogP contribution in [0.25, 0.3) is 0 Å². The topological polar surface area (TPSA) is 191 Å². The summed E-state index contributed by atoms with van der Waals surface area (Å²) in [5, 5.41) is 35.9. The Morgan fingerprint density at radius 2 is 1.31 bits per heavy atom. The Kier molecular flexibility index (Phi) is 10.4. The number of nitrogens with two attached hydrogens (primary N) is 1. The number of nitrogens with one attached hydrogen (secondary N) is 3. The molecule has 0 saturated heterocycles. The van der Waals surface area contributed by atoms with Gasteiger partial charge in [0.25, 0.3) is 0 Å². The van der Waals surface area contributed by atoms with Crippen LogP contribution in [0.2, 0.25) is 0 Å². The van der Waals surface area contributed by atoms with Crippen LogP contribution >= 0.6 is 0 Å². The number of aromatic hydroxyl groups is 1. The maximum Gasteiger partial charge on any atom is 0.326 e. The highest BCUT2D eigenvalue weighted by molar-refractivity contribution is 5.94. The minimum atomic E-state index is -1.27. The molecule has 194 valence electrons. The number of carbonyl (C=O) groups excluding carboxylic acids is 3. The fourth-order valence-electron chi connectivity index (χ4n) is 3.29. The van der Waals surface area contributed by atoms with E-state index in [0.29, 0.717) is 5.56 Å². The predicted molar refractivity (Wildman–Crippen MR) is 131 cm³/mol. The Morgan fingerprint density at radius 1 is 0.778 bits per heavy atom. The van der Waals surface area contributed by atoms with Crippen molar-refractivity contribution in [3.8, 4) is 5.75 Å². The molecule has 0 fully saturated rings. The smallest absolute Gasteiger partial charge is 0.326 e. The lowest BCUT2D eigenvalue weighted by Crippen LogP contribution is -2.58. The quantitative estimate of drug-likeness (QED) is 0.202. The molecule has 0 heterocycles. The van der Waals surface area contributed by atoms with Gasteiger partial charge < -0.3 is 37.0 Å². The van der Waals surface area contributed by atoms with E-state index in [1.54, 1.807) is 30.3 Å². The van der Waals surface area contributed by atoms with Crippen LogP contribution in [0.15, 0.2) is 54.6 Å².